The zero-order valence-corrected chi connectivity index (χ0v) is 7.32. The summed E-state index contributed by atoms with van der Waals surface area (Å²) < 4.78 is 9.65. The van der Waals surface area contributed by atoms with Crippen LogP contribution in [0.3, 0.4) is 0 Å². The fraction of sp³-hybridized carbons (Fsp3) is 0.444. The van der Waals surface area contributed by atoms with E-state index in [0.717, 1.165) is 0 Å². The van der Waals surface area contributed by atoms with Gasteiger partial charge in [0.2, 0.25) is 5.78 Å². The minimum atomic E-state index is -1.52. The van der Waals surface area contributed by atoms with Crippen molar-refractivity contribution < 1.29 is 23.9 Å². The highest BCUT2D eigenvalue weighted by atomic mass is 16.7. The molecule has 74 valence electrons. The summed E-state index contributed by atoms with van der Waals surface area (Å²) in [6.07, 6.45) is 2.63. The number of hydrogen-bond donors (Lipinski definition) is 0. The molecular formula is C9H8O5. The molecule has 0 unspecified atom stereocenters. The quantitative estimate of drug-likeness (QED) is 0.364. The molecule has 0 bridgehead atoms. The zero-order chi connectivity index (χ0) is 10.4. The molecule has 1 rings (SSSR count). The van der Waals surface area contributed by atoms with Crippen LogP contribution < -0.4 is 0 Å². The second kappa shape index (κ2) is 4.42. The number of carbonyl (C=O) groups is 1. The summed E-state index contributed by atoms with van der Waals surface area (Å²) in [4.78, 5) is 31.2. The van der Waals surface area contributed by atoms with E-state index in [1.807, 2.05) is 0 Å². The van der Waals surface area contributed by atoms with E-state index in [0.29, 0.717) is 31.8 Å². The molecule has 5 nitrogen and oxygen atoms in total. The molecule has 0 N–H and O–H groups in total. The van der Waals surface area contributed by atoms with Gasteiger partial charge in [0.15, 0.2) is 24.4 Å². The number of carbonyl (C=O) groups excluding carboxylic acids is 3. The van der Waals surface area contributed by atoms with Crippen molar-refractivity contribution in [1.29, 1.82) is 0 Å². The van der Waals surface area contributed by atoms with Gasteiger partial charge in [0, 0.05) is 12.8 Å². The molecule has 0 amide bonds. The van der Waals surface area contributed by atoms with E-state index in [4.69, 9.17) is 9.47 Å². The number of rotatable bonds is 4. The molecule has 0 aromatic rings. The largest absolute Gasteiger partial charge is 0.442 e. The monoisotopic (exact) mass is 196 g/mol. The Labute approximate surface area is 80.0 Å². The van der Waals surface area contributed by atoms with Gasteiger partial charge in [0.05, 0.1) is 0 Å². The maximum atomic E-state index is 11.4. The average molecular weight is 196 g/mol. The highest BCUT2D eigenvalue weighted by molar-refractivity contribution is 5.88. The molecule has 5 heteroatoms. The SMILES string of the molecule is O=C=COC1(OC=C=O)CCCC1=O. The molecule has 1 aliphatic carbocycles. The Morgan fingerprint density at radius 1 is 1.21 bits per heavy atom. The molecule has 0 saturated heterocycles. The minimum absolute atomic E-state index is 0.296. The molecule has 1 aliphatic rings. The van der Waals surface area contributed by atoms with Gasteiger partial charge in [-0.25, -0.2) is 9.59 Å². The highest BCUT2D eigenvalue weighted by Crippen LogP contribution is 2.31. The van der Waals surface area contributed by atoms with E-state index in [-0.39, 0.29) is 5.78 Å². The second-order valence-electron chi connectivity index (χ2n) is 2.74. The van der Waals surface area contributed by atoms with Crippen LogP contribution in [-0.2, 0) is 23.9 Å². The Hall–Kier alpha value is -1.83. The van der Waals surface area contributed by atoms with Crippen LogP contribution in [0.1, 0.15) is 19.3 Å². The third-order valence-electron chi connectivity index (χ3n) is 1.93. The van der Waals surface area contributed by atoms with Crippen molar-refractivity contribution in [3.63, 3.8) is 0 Å². The third-order valence-corrected chi connectivity index (χ3v) is 1.93. The smallest absolute Gasteiger partial charge is 0.311 e. The van der Waals surface area contributed by atoms with E-state index < -0.39 is 5.79 Å². The summed E-state index contributed by atoms with van der Waals surface area (Å²) in [7, 11) is 0. The summed E-state index contributed by atoms with van der Waals surface area (Å²) in [5, 5.41) is 0. The van der Waals surface area contributed by atoms with Gasteiger partial charge in [-0.2, -0.15) is 0 Å². The number of ketones is 1. The standard InChI is InChI=1S/C9H8O5/c10-4-6-13-9(14-7-5-11)3-1-2-8(9)12/h6-7H,1-3H2. The lowest BCUT2D eigenvalue weighted by Gasteiger charge is -2.23. The predicted octanol–water partition coefficient (Wildman–Crippen LogP) is 0.159. The van der Waals surface area contributed by atoms with Crippen LogP contribution in [-0.4, -0.2) is 23.5 Å². The molecule has 0 heterocycles. The number of hydrogen-bond acceptors (Lipinski definition) is 5. The van der Waals surface area contributed by atoms with E-state index in [9.17, 15) is 14.4 Å². The van der Waals surface area contributed by atoms with Crippen LogP contribution >= 0.6 is 0 Å². The van der Waals surface area contributed by atoms with Gasteiger partial charge in [0.1, 0.15) is 0 Å². The highest BCUT2D eigenvalue weighted by Gasteiger charge is 2.45. The van der Waals surface area contributed by atoms with Crippen LogP contribution in [0.5, 0.6) is 0 Å². The molecule has 14 heavy (non-hydrogen) atoms. The van der Waals surface area contributed by atoms with Crippen LogP contribution in [0.2, 0.25) is 0 Å². The van der Waals surface area contributed by atoms with Gasteiger partial charge in [0.25, 0.3) is 0 Å². The maximum Gasteiger partial charge on any atom is 0.311 e. The minimum Gasteiger partial charge on any atom is -0.442 e. The fourth-order valence-electron chi connectivity index (χ4n) is 1.33. The first-order valence-electron chi connectivity index (χ1n) is 4.03. The van der Waals surface area contributed by atoms with Crippen molar-refractivity contribution in [3.05, 3.63) is 12.5 Å². The summed E-state index contributed by atoms with van der Waals surface area (Å²) in [6.45, 7) is 0. The lowest BCUT2D eigenvalue weighted by molar-refractivity contribution is -0.180. The van der Waals surface area contributed by atoms with Crippen LogP contribution in [0.25, 0.3) is 0 Å². The van der Waals surface area contributed by atoms with Gasteiger partial charge >= 0.3 is 5.79 Å². The molecule has 1 fully saturated rings. The third kappa shape index (κ3) is 1.91. The van der Waals surface area contributed by atoms with Crippen molar-refractivity contribution in [3.8, 4) is 0 Å². The molecule has 0 radical (unpaired) electrons. The van der Waals surface area contributed by atoms with Crippen LogP contribution in [0, 0.1) is 0 Å². The molecule has 0 aliphatic heterocycles. The normalized spacial score (nSPS) is 24.7. The molecule has 1 saturated carbocycles. The Kier molecular flexibility index (Phi) is 3.24. The molecule has 0 aromatic carbocycles. The Morgan fingerprint density at radius 3 is 2.14 bits per heavy atom. The van der Waals surface area contributed by atoms with Crippen LogP contribution in [0.4, 0.5) is 0 Å². The molecule has 0 atom stereocenters. The van der Waals surface area contributed by atoms with Crippen molar-refractivity contribution >= 4 is 17.7 Å². The first-order valence-corrected chi connectivity index (χ1v) is 4.03. The lowest BCUT2D eigenvalue weighted by Crippen LogP contribution is -2.37. The summed E-state index contributed by atoms with van der Waals surface area (Å²) in [5.74, 6) is 0.934. The maximum absolute atomic E-state index is 11.4. The first-order chi connectivity index (χ1) is 6.75. The van der Waals surface area contributed by atoms with Gasteiger partial charge in [-0.05, 0) is 6.42 Å². The van der Waals surface area contributed by atoms with Crippen molar-refractivity contribution in [2.24, 2.45) is 0 Å². The van der Waals surface area contributed by atoms with E-state index in [2.05, 4.69) is 0 Å². The molecular weight excluding hydrogens is 188 g/mol. The van der Waals surface area contributed by atoms with Crippen molar-refractivity contribution in [2.45, 2.75) is 25.0 Å². The van der Waals surface area contributed by atoms with Crippen molar-refractivity contribution in [2.75, 3.05) is 0 Å². The van der Waals surface area contributed by atoms with Gasteiger partial charge in [-0.3, -0.25) is 4.79 Å². The number of ether oxygens (including phenoxy) is 2. The first kappa shape index (κ1) is 10.3. The lowest BCUT2D eigenvalue weighted by atomic mass is 10.2. The fourth-order valence-corrected chi connectivity index (χ4v) is 1.33. The van der Waals surface area contributed by atoms with Crippen LogP contribution in [0.15, 0.2) is 12.5 Å². The average Bonchev–Trinajstić information content (AvgIpc) is 2.55. The number of Topliss-reactive ketones (excluding diaryl/α,β-unsaturated/α-hetero) is 1. The van der Waals surface area contributed by atoms with Gasteiger partial charge in [-0.15, -0.1) is 0 Å². The molecule has 0 aromatic heterocycles. The van der Waals surface area contributed by atoms with E-state index >= 15 is 0 Å². The summed E-state index contributed by atoms with van der Waals surface area (Å²) in [5.41, 5.74) is 0. The van der Waals surface area contributed by atoms with Gasteiger partial charge in [-0.1, -0.05) is 0 Å². The Balaban J connectivity index is 2.82. The topological polar surface area (TPSA) is 69.7 Å². The van der Waals surface area contributed by atoms with Crippen molar-refractivity contribution in [1.82, 2.24) is 0 Å². The summed E-state index contributed by atoms with van der Waals surface area (Å²) >= 11 is 0. The Bertz CT molecular complexity index is 300. The van der Waals surface area contributed by atoms with E-state index in [1.165, 1.54) is 11.9 Å². The second-order valence-corrected chi connectivity index (χ2v) is 2.74. The molecule has 0 spiro atoms. The predicted molar refractivity (Wildman–Crippen MR) is 44.3 cm³/mol. The van der Waals surface area contributed by atoms with Gasteiger partial charge < -0.3 is 9.47 Å². The van der Waals surface area contributed by atoms with E-state index in [1.54, 1.807) is 0 Å². The zero-order valence-electron chi connectivity index (χ0n) is 7.32. The Morgan fingerprint density at radius 2 is 1.79 bits per heavy atom. The summed E-state index contributed by atoms with van der Waals surface area (Å²) in [6, 6.07) is 0.